The van der Waals surface area contributed by atoms with Crippen LogP contribution in [0, 0.1) is 17.0 Å². The number of hydrogen-bond donors (Lipinski definition) is 2. The number of benzene rings is 1. The number of nitrogens with zero attached hydrogens (tertiary/aromatic N) is 1. The molecular weight excluding hydrogens is 234 g/mol. The maximum Gasteiger partial charge on any atom is 0.274 e. The van der Waals surface area contributed by atoms with Crippen LogP contribution < -0.4 is 11.1 Å². The molecule has 1 aromatic carbocycles. The lowest BCUT2D eigenvalue weighted by atomic mass is 10.1. The molecule has 0 radical (unpaired) electrons. The standard InChI is InChI=1S/C12H17N3O3/c1-3-9(13)6-12(16)14-10-5-4-8(2)11(7-10)15(17)18/h4-5,7,9H,3,6,13H2,1-2H3,(H,14,16). The van der Waals surface area contributed by atoms with Crippen LogP contribution in [0.15, 0.2) is 18.2 Å². The van der Waals surface area contributed by atoms with Crippen molar-refractivity contribution in [2.75, 3.05) is 5.32 Å². The van der Waals surface area contributed by atoms with Gasteiger partial charge in [-0.05, 0) is 19.4 Å². The van der Waals surface area contributed by atoms with E-state index in [1.165, 1.54) is 6.07 Å². The van der Waals surface area contributed by atoms with Gasteiger partial charge in [0.1, 0.15) is 0 Å². The first kappa shape index (κ1) is 14.1. The van der Waals surface area contributed by atoms with E-state index in [-0.39, 0.29) is 24.1 Å². The quantitative estimate of drug-likeness (QED) is 0.617. The molecule has 0 aromatic heterocycles. The fourth-order valence-electron chi connectivity index (χ4n) is 1.48. The lowest BCUT2D eigenvalue weighted by Gasteiger charge is -2.09. The van der Waals surface area contributed by atoms with E-state index in [0.717, 1.165) is 0 Å². The van der Waals surface area contributed by atoms with Crippen LogP contribution >= 0.6 is 0 Å². The third kappa shape index (κ3) is 3.81. The Morgan fingerprint density at radius 3 is 2.78 bits per heavy atom. The zero-order valence-electron chi connectivity index (χ0n) is 10.5. The molecule has 0 aliphatic heterocycles. The zero-order valence-corrected chi connectivity index (χ0v) is 10.5. The first-order valence-corrected chi connectivity index (χ1v) is 5.74. The van der Waals surface area contributed by atoms with Crippen LogP contribution in [0.1, 0.15) is 25.3 Å². The van der Waals surface area contributed by atoms with Crippen molar-refractivity contribution < 1.29 is 9.72 Å². The largest absolute Gasteiger partial charge is 0.327 e. The second-order valence-electron chi connectivity index (χ2n) is 4.18. The maximum absolute atomic E-state index is 11.6. The summed E-state index contributed by atoms with van der Waals surface area (Å²) in [6.07, 6.45) is 0.916. The van der Waals surface area contributed by atoms with Gasteiger partial charge in [-0.3, -0.25) is 14.9 Å². The number of nitrogens with two attached hydrogens (primary N) is 1. The second kappa shape index (κ2) is 6.11. The van der Waals surface area contributed by atoms with Gasteiger partial charge in [0.2, 0.25) is 5.91 Å². The van der Waals surface area contributed by atoms with Crippen LogP contribution in [0.3, 0.4) is 0 Å². The summed E-state index contributed by atoms with van der Waals surface area (Å²) in [5.41, 5.74) is 6.63. The smallest absolute Gasteiger partial charge is 0.274 e. The fraction of sp³-hybridized carbons (Fsp3) is 0.417. The average molecular weight is 251 g/mol. The molecule has 18 heavy (non-hydrogen) atoms. The molecular formula is C12H17N3O3. The molecule has 0 spiro atoms. The minimum atomic E-state index is -0.469. The molecule has 3 N–H and O–H groups in total. The van der Waals surface area contributed by atoms with Gasteiger partial charge in [-0.1, -0.05) is 13.0 Å². The van der Waals surface area contributed by atoms with Crippen molar-refractivity contribution in [1.29, 1.82) is 0 Å². The Bertz CT molecular complexity index is 460. The number of aryl methyl sites for hydroxylation is 1. The summed E-state index contributed by atoms with van der Waals surface area (Å²) in [6.45, 7) is 3.55. The number of amides is 1. The number of nitro benzene ring substituents is 1. The van der Waals surface area contributed by atoms with Crippen molar-refractivity contribution in [3.05, 3.63) is 33.9 Å². The Labute approximate surface area is 105 Å². The summed E-state index contributed by atoms with van der Waals surface area (Å²) in [6, 6.07) is 4.40. The highest BCUT2D eigenvalue weighted by Gasteiger charge is 2.13. The Hall–Kier alpha value is -1.95. The van der Waals surface area contributed by atoms with E-state index in [9.17, 15) is 14.9 Å². The van der Waals surface area contributed by atoms with Gasteiger partial charge in [-0.2, -0.15) is 0 Å². The Kier molecular flexibility index (Phi) is 4.79. The van der Waals surface area contributed by atoms with Gasteiger partial charge in [-0.25, -0.2) is 0 Å². The van der Waals surface area contributed by atoms with E-state index in [4.69, 9.17) is 5.73 Å². The number of hydrogen-bond acceptors (Lipinski definition) is 4. The van der Waals surface area contributed by atoms with Crippen LogP contribution in [0.5, 0.6) is 0 Å². The Balaban J connectivity index is 2.76. The van der Waals surface area contributed by atoms with Crippen molar-refractivity contribution in [3.63, 3.8) is 0 Å². The van der Waals surface area contributed by atoms with Gasteiger partial charge in [0, 0.05) is 29.8 Å². The van der Waals surface area contributed by atoms with Crippen molar-refractivity contribution >= 4 is 17.3 Å². The highest BCUT2D eigenvalue weighted by atomic mass is 16.6. The summed E-state index contributed by atoms with van der Waals surface area (Å²) in [4.78, 5) is 21.9. The molecule has 98 valence electrons. The zero-order chi connectivity index (χ0) is 13.7. The normalized spacial score (nSPS) is 11.9. The molecule has 6 nitrogen and oxygen atoms in total. The van der Waals surface area contributed by atoms with Gasteiger partial charge < -0.3 is 11.1 Å². The minimum Gasteiger partial charge on any atom is -0.327 e. The third-order valence-electron chi connectivity index (χ3n) is 2.66. The molecule has 1 atom stereocenters. The van der Waals surface area contributed by atoms with Gasteiger partial charge in [-0.15, -0.1) is 0 Å². The molecule has 0 aliphatic rings. The summed E-state index contributed by atoms with van der Waals surface area (Å²) < 4.78 is 0. The molecule has 0 fully saturated rings. The van der Waals surface area contributed by atoms with Crippen molar-refractivity contribution in [2.45, 2.75) is 32.7 Å². The maximum atomic E-state index is 11.6. The van der Waals surface area contributed by atoms with E-state index < -0.39 is 4.92 Å². The summed E-state index contributed by atoms with van der Waals surface area (Å²) in [5, 5.41) is 13.4. The molecule has 0 saturated heterocycles. The van der Waals surface area contributed by atoms with E-state index in [1.54, 1.807) is 19.1 Å². The van der Waals surface area contributed by atoms with Crippen LogP contribution in [-0.2, 0) is 4.79 Å². The molecule has 1 unspecified atom stereocenters. The second-order valence-corrected chi connectivity index (χ2v) is 4.18. The van der Waals surface area contributed by atoms with Crippen LogP contribution in [0.4, 0.5) is 11.4 Å². The van der Waals surface area contributed by atoms with E-state index >= 15 is 0 Å². The highest BCUT2D eigenvalue weighted by molar-refractivity contribution is 5.91. The van der Waals surface area contributed by atoms with E-state index in [2.05, 4.69) is 5.32 Å². The number of carbonyl (C=O) groups excluding carboxylic acids is 1. The third-order valence-corrected chi connectivity index (χ3v) is 2.66. The van der Waals surface area contributed by atoms with Gasteiger partial charge in [0.15, 0.2) is 0 Å². The monoisotopic (exact) mass is 251 g/mol. The molecule has 0 bridgehead atoms. The van der Waals surface area contributed by atoms with Gasteiger partial charge in [0.25, 0.3) is 5.69 Å². The topological polar surface area (TPSA) is 98.3 Å². The number of carbonyl (C=O) groups is 1. The summed E-state index contributed by atoms with van der Waals surface area (Å²) >= 11 is 0. The molecule has 1 aromatic rings. The number of nitro groups is 1. The first-order valence-electron chi connectivity index (χ1n) is 5.74. The molecule has 1 amide bonds. The molecule has 0 heterocycles. The first-order chi connectivity index (χ1) is 8.43. The Morgan fingerprint density at radius 2 is 2.22 bits per heavy atom. The van der Waals surface area contributed by atoms with Crippen LogP contribution in [0.2, 0.25) is 0 Å². The number of rotatable bonds is 5. The summed E-state index contributed by atoms with van der Waals surface area (Å²) in [5.74, 6) is -0.234. The molecule has 1 rings (SSSR count). The number of anilines is 1. The Morgan fingerprint density at radius 1 is 1.56 bits per heavy atom. The van der Waals surface area contributed by atoms with Crippen LogP contribution in [-0.4, -0.2) is 16.9 Å². The van der Waals surface area contributed by atoms with Crippen molar-refractivity contribution in [3.8, 4) is 0 Å². The van der Waals surface area contributed by atoms with Crippen LogP contribution in [0.25, 0.3) is 0 Å². The highest BCUT2D eigenvalue weighted by Crippen LogP contribution is 2.22. The van der Waals surface area contributed by atoms with E-state index in [1.807, 2.05) is 6.92 Å². The van der Waals surface area contributed by atoms with Gasteiger partial charge >= 0.3 is 0 Å². The molecule has 0 aliphatic carbocycles. The average Bonchev–Trinajstić information content (AvgIpc) is 2.31. The minimum absolute atomic E-state index is 0.00686. The lowest BCUT2D eigenvalue weighted by Crippen LogP contribution is -2.26. The SMILES string of the molecule is CCC(N)CC(=O)Nc1ccc(C)c([N+](=O)[O-])c1. The van der Waals surface area contributed by atoms with Gasteiger partial charge in [0.05, 0.1) is 4.92 Å². The predicted octanol–water partition coefficient (Wildman–Crippen LogP) is 1.97. The molecule has 0 saturated carbocycles. The fourth-order valence-corrected chi connectivity index (χ4v) is 1.48. The van der Waals surface area contributed by atoms with E-state index in [0.29, 0.717) is 17.7 Å². The van der Waals surface area contributed by atoms with Crippen molar-refractivity contribution in [2.24, 2.45) is 5.73 Å². The van der Waals surface area contributed by atoms with Crippen molar-refractivity contribution in [1.82, 2.24) is 0 Å². The summed E-state index contributed by atoms with van der Waals surface area (Å²) in [7, 11) is 0. The lowest BCUT2D eigenvalue weighted by molar-refractivity contribution is -0.385. The molecule has 6 heteroatoms. The predicted molar refractivity (Wildman–Crippen MR) is 69.3 cm³/mol. The number of nitrogens with one attached hydrogen (secondary N) is 1.